The molecule has 1 amide bonds. The van der Waals surface area contributed by atoms with Gasteiger partial charge in [-0.15, -0.1) is 0 Å². The normalized spacial score (nSPS) is 15.3. The number of aliphatic hydroxyl groups excluding tert-OH is 1. The number of amides is 1. The fourth-order valence-corrected chi connectivity index (χ4v) is 0.880. The van der Waals surface area contributed by atoms with E-state index < -0.39 is 18.1 Å². The first-order chi connectivity index (χ1) is 5.50. The molecule has 0 spiro atoms. The number of aliphatic hydroxyl groups is 1. The highest BCUT2D eigenvalue weighted by Gasteiger charge is 2.27. The van der Waals surface area contributed by atoms with Crippen LogP contribution in [0.4, 0.5) is 0 Å². The summed E-state index contributed by atoms with van der Waals surface area (Å²) in [5, 5.41) is 19.7. The van der Waals surface area contributed by atoms with Crippen molar-refractivity contribution in [3.63, 3.8) is 0 Å². The zero-order valence-corrected chi connectivity index (χ0v) is 7.02. The molecule has 0 radical (unpaired) electrons. The Balaban J connectivity index is 4.27. The molecule has 70 valence electrons. The third-order valence-electron chi connectivity index (χ3n) is 1.57. The average Bonchev–Trinajstić information content (AvgIpc) is 1.98. The van der Waals surface area contributed by atoms with E-state index in [1.807, 2.05) is 0 Å². The molecule has 0 unspecified atom stereocenters. The molecule has 12 heavy (non-hydrogen) atoms. The van der Waals surface area contributed by atoms with Crippen molar-refractivity contribution in [1.82, 2.24) is 5.32 Å². The molecule has 0 fully saturated rings. The Morgan fingerprint density at radius 1 is 1.50 bits per heavy atom. The Hall–Kier alpha value is -1.10. The van der Waals surface area contributed by atoms with Crippen molar-refractivity contribution in [2.75, 3.05) is 0 Å². The number of aliphatic carboxylic acids is 1. The Morgan fingerprint density at radius 3 is 2.25 bits per heavy atom. The molecule has 0 aliphatic heterocycles. The Labute approximate surface area is 70.4 Å². The number of hydrogen-bond donors (Lipinski definition) is 3. The van der Waals surface area contributed by atoms with E-state index in [1.165, 1.54) is 0 Å². The summed E-state index contributed by atoms with van der Waals surface area (Å²) in [6.07, 6.45) is -1.16. The number of carboxylic acid groups (broad SMARTS) is 1. The first kappa shape index (κ1) is 10.9. The Morgan fingerprint density at radius 2 is 2.00 bits per heavy atom. The van der Waals surface area contributed by atoms with Gasteiger partial charge in [-0.3, -0.25) is 4.79 Å². The van der Waals surface area contributed by atoms with E-state index in [2.05, 4.69) is 5.32 Å². The minimum atomic E-state index is -1.55. The molecule has 0 aromatic heterocycles. The fourth-order valence-electron chi connectivity index (χ4n) is 0.880. The maximum absolute atomic E-state index is 10.3. The highest BCUT2D eigenvalue weighted by Crippen LogP contribution is 2.05. The largest absolute Gasteiger partial charge is 0.479 e. The minimum absolute atomic E-state index is 0.124. The van der Waals surface area contributed by atoms with Crippen molar-refractivity contribution in [3.05, 3.63) is 0 Å². The molecule has 0 rings (SSSR count). The van der Waals surface area contributed by atoms with E-state index in [1.54, 1.807) is 13.8 Å². The van der Waals surface area contributed by atoms with Crippen LogP contribution in [0.2, 0.25) is 0 Å². The molecule has 5 heteroatoms. The van der Waals surface area contributed by atoms with Gasteiger partial charge in [0.1, 0.15) is 0 Å². The van der Waals surface area contributed by atoms with Crippen LogP contribution in [0.5, 0.6) is 0 Å². The van der Waals surface area contributed by atoms with Gasteiger partial charge in [0.25, 0.3) is 0 Å². The highest BCUT2D eigenvalue weighted by atomic mass is 16.4. The van der Waals surface area contributed by atoms with Crippen LogP contribution in [0.3, 0.4) is 0 Å². The summed E-state index contributed by atoms with van der Waals surface area (Å²) in [7, 11) is 0. The molecular formula is C7H13NO4. The lowest BCUT2D eigenvalue weighted by atomic mass is 9.99. The van der Waals surface area contributed by atoms with Gasteiger partial charge in [0.15, 0.2) is 6.10 Å². The van der Waals surface area contributed by atoms with Crippen molar-refractivity contribution in [2.45, 2.75) is 26.0 Å². The second kappa shape index (κ2) is 4.71. The molecule has 0 aromatic rings. The van der Waals surface area contributed by atoms with E-state index in [9.17, 15) is 9.59 Å². The smallest absolute Gasteiger partial charge is 0.334 e. The van der Waals surface area contributed by atoms with E-state index in [0.29, 0.717) is 6.41 Å². The van der Waals surface area contributed by atoms with Gasteiger partial charge < -0.3 is 15.5 Å². The number of hydrogen-bond acceptors (Lipinski definition) is 3. The summed E-state index contributed by atoms with van der Waals surface area (Å²) >= 11 is 0. The van der Waals surface area contributed by atoms with Crippen LogP contribution in [0.1, 0.15) is 13.8 Å². The first-order valence-corrected chi connectivity index (χ1v) is 3.61. The molecule has 0 heterocycles. The van der Waals surface area contributed by atoms with E-state index in [4.69, 9.17) is 10.2 Å². The number of carbonyl (C=O) groups excluding carboxylic acids is 1. The van der Waals surface area contributed by atoms with Gasteiger partial charge in [0, 0.05) is 0 Å². The van der Waals surface area contributed by atoms with Crippen molar-refractivity contribution in [1.29, 1.82) is 0 Å². The number of rotatable bonds is 5. The quantitative estimate of drug-likeness (QED) is 0.477. The lowest BCUT2D eigenvalue weighted by Gasteiger charge is -2.22. The van der Waals surface area contributed by atoms with E-state index in [-0.39, 0.29) is 5.92 Å². The van der Waals surface area contributed by atoms with Gasteiger partial charge >= 0.3 is 5.97 Å². The molecule has 0 aliphatic carbocycles. The second-order valence-electron chi connectivity index (χ2n) is 2.84. The molecule has 0 saturated carbocycles. The summed E-state index contributed by atoms with van der Waals surface area (Å²) in [5.74, 6) is -1.45. The summed E-state index contributed by atoms with van der Waals surface area (Å²) in [6.45, 7) is 3.43. The fraction of sp³-hybridized carbons (Fsp3) is 0.714. The number of carbonyl (C=O) groups is 2. The van der Waals surface area contributed by atoms with Crippen LogP contribution >= 0.6 is 0 Å². The molecule has 2 atom stereocenters. The molecular weight excluding hydrogens is 162 g/mol. The van der Waals surface area contributed by atoms with Crippen LogP contribution < -0.4 is 5.32 Å². The van der Waals surface area contributed by atoms with E-state index in [0.717, 1.165) is 0 Å². The molecule has 0 bridgehead atoms. The standard InChI is InChI=1S/C7H13NO4/c1-4(2)5(8-3-9)6(10)7(11)12/h3-6,10H,1-2H3,(H,8,9)(H,11,12)/t5-,6-/m0/s1. The monoisotopic (exact) mass is 175 g/mol. The topological polar surface area (TPSA) is 86.6 Å². The highest BCUT2D eigenvalue weighted by molar-refractivity contribution is 5.73. The molecule has 0 aromatic carbocycles. The van der Waals surface area contributed by atoms with Crippen LogP contribution in [-0.4, -0.2) is 34.7 Å². The zero-order chi connectivity index (χ0) is 9.72. The number of nitrogens with one attached hydrogen (secondary N) is 1. The van der Waals surface area contributed by atoms with Crippen LogP contribution in [-0.2, 0) is 9.59 Å². The van der Waals surface area contributed by atoms with Crippen LogP contribution in [0.25, 0.3) is 0 Å². The predicted molar refractivity (Wildman–Crippen MR) is 41.5 cm³/mol. The molecule has 3 N–H and O–H groups in total. The lowest BCUT2D eigenvalue weighted by Crippen LogP contribution is -2.47. The van der Waals surface area contributed by atoms with Gasteiger partial charge in [-0.25, -0.2) is 4.79 Å². The van der Waals surface area contributed by atoms with Crippen molar-refractivity contribution < 1.29 is 19.8 Å². The summed E-state index contributed by atoms with van der Waals surface area (Å²) in [6, 6.07) is -0.736. The SMILES string of the molecule is CC(C)[C@H](NC=O)[C@H](O)C(=O)O. The van der Waals surface area contributed by atoms with Crippen LogP contribution in [0.15, 0.2) is 0 Å². The van der Waals surface area contributed by atoms with Gasteiger partial charge in [-0.05, 0) is 5.92 Å². The maximum atomic E-state index is 10.3. The van der Waals surface area contributed by atoms with Gasteiger partial charge in [0.05, 0.1) is 6.04 Å². The van der Waals surface area contributed by atoms with Crippen molar-refractivity contribution in [3.8, 4) is 0 Å². The second-order valence-corrected chi connectivity index (χ2v) is 2.84. The summed E-state index contributed by atoms with van der Waals surface area (Å²) in [5.41, 5.74) is 0. The Bertz CT molecular complexity index is 169. The first-order valence-electron chi connectivity index (χ1n) is 3.61. The van der Waals surface area contributed by atoms with Gasteiger partial charge in [-0.2, -0.15) is 0 Å². The van der Waals surface area contributed by atoms with Crippen molar-refractivity contribution >= 4 is 12.4 Å². The summed E-state index contributed by atoms with van der Waals surface area (Å²) in [4.78, 5) is 20.3. The van der Waals surface area contributed by atoms with Gasteiger partial charge in [0.2, 0.25) is 6.41 Å². The van der Waals surface area contributed by atoms with Gasteiger partial charge in [-0.1, -0.05) is 13.8 Å². The zero-order valence-electron chi connectivity index (χ0n) is 7.02. The average molecular weight is 175 g/mol. The predicted octanol–water partition coefficient (Wildman–Crippen LogP) is -0.797. The van der Waals surface area contributed by atoms with E-state index >= 15 is 0 Å². The molecule has 0 aliphatic rings. The minimum Gasteiger partial charge on any atom is -0.479 e. The summed E-state index contributed by atoms with van der Waals surface area (Å²) < 4.78 is 0. The van der Waals surface area contributed by atoms with Crippen molar-refractivity contribution in [2.24, 2.45) is 5.92 Å². The maximum Gasteiger partial charge on any atom is 0.334 e. The third kappa shape index (κ3) is 2.87. The van der Waals surface area contributed by atoms with Crippen LogP contribution in [0, 0.1) is 5.92 Å². The Kier molecular flexibility index (Phi) is 4.28. The molecule has 5 nitrogen and oxygen atoms in total. The number of carboxylic acids is 1. The lowest BCUT2D eigenvalue weighted by molar-refractivity contribution is -0.149. The third-order valence-corrected chi connectivity index (χ3v) is 1.57. The molecule has 0 saturated heterocycles.